The van der Waals surface area contributed by atoms with Crippen LogP contribution >= 0.6 is 15.9 Å². The Balaban J connectivity index is 1.95. The Kier molecular flexibility index (Phi) is 6.35. The van der Waals surface area contributed by atoms with E-state index in [1.807, 2.05) is 24.3 Å². The number of rotatable bonds is 8. The van der Waals surface area contributed by atoms with Crippen molar-refractivity contribution in [2.75, 3.05) is 20.3 Å². The van der Waals surface area contributed by atoms with Gasteiger partial charge in [0.15, 0.2) is 5.82 Å². The first-order chi connectivity index (χ1) is 10.2. The van der Waals surface area contributed by atoms with E-state index < -0.39 is 0 Å². The summed E-state index contributed by atoms with van der Waals surface area (Å²) in [5.74, 6) is 1.35. The quantitative estimate of drug-likeness (QED) is 0.790. The molecule has 0 aliphatic heterocycles. The minimum Gasteiger partial charge on any atom is -0.383 e. The van der Waals surface area contributed by atoms with Crippen LogP contribution in [0.2, 0.25) is 0 Å². The van der Waals surface area contributed by atoms with E-state index in [0.29, 0.717) is 31.2 Å². The summed E-state index contributed by atoms with van der Waals surface area (Å²) in [5, 5.41) is 7.38. The number of nitrogens with one attached hydrogen (secondary N) is 1. The molecule has 0 radical (unpaired) electrons. The van der Waals surface area contributed by atoms with Gasteiger partial charge < -0.3 is 14.6 Å². The lowest BCUT2D eigenvalue weighted by atomic mass is 10.1. The number of nitrogens with zero attached hydrogens (tertiary/aromatic N) is 2. The SMILES string of the molecule is CCNC(COC)Cc1nc(Cc2ccc(Br)cc2)no1. The Bertz CT molecular complexity index is 536. The van der Waals surface area contributed by atoms with Crippen LogP contribution < -0.4 is 5.32 Å². The fraction of sp³-hybridized carbons (Fsp3) is 0.467. The van der Waals surface area contributed by atoms with Crippen molar-refractivity contribution in [3.05, 3.63) is 46.0 Å². The van der Waals surface area contributed by atoms with Crippen LogP contribution in [0, 0.1) is 0 Å². The molecule has 0 aliphatic carbocycles. The van der Waals surface area contributed by atoms with Crippen molar-refractivity contribution in [3.63, 3.8) is 0 Å². The van der Waals surface area contributed by atoms with Gasteiger partial charge in [0.1, 0.15) is 0 Å². The van der Waals surface area contributed by atoms with Gasteiger partial charge in [-0.05, 0) is 24.2 Å². The highest BCUT2D eigenvalue weighted by atomic mass is 79.9. The molecule has 0 saturated heterocycles. The second-order valence-electron chi connectivity index (χ2n) is 4.82. The molecule has 1 aromatic carbocycles. The van der Waals surface area contributed by atoms with E-state index in [1.165, 1.54) is 0 Å². The van der Waals surface area contributed by atoms with Gasteiger partial charge in [-0.15, -0.1) is 0 Å². The van der Waals surface area contributed by atoms with Gasteiger partial charge in [-0.3, -0.25) is 0 Å². The average Bonchev–Trinajstić information content (AvgIpc) is 2.89. The first-order valence-electron chi connectivity index (χ1n) is 6.99. The van der Waals surface area contributed by atoms with Gasteiger partial charge in [-0.25, -0.2) is 0 Å². The Morgan fingerprint density at radius 3 is 2.76 bits per heavy atom. The zero-order valence-corrected chi connectivity index (χ0v) is 13.9. The molecule has 0 aliphatic rings. The molecule has 114 valence electrons. The van der Waals surface area contributed by atoms with E-state index in [1.54, 1.807) is 7.11 Å². The zero-order valence-electron chi connectivity index (χ0n) is 12.3. The molecule has 1 heterocycles. The van der Waals surface area contributed by atoms with Crippen molar-refractivity contribution in [2.45, 2.75) is 25.8 Å². The standard InChI is InChI=1S/C15H20BrN3O2/c1-3-17-13(10-20-2)9-15-18-14(19-21-15)8-11-4-6-12(16)7-5-11/h4-7,13,17H,3,8-10H2,1-2H3. The third-order valence-corrected chi connectivity index (χ3v) is 3.60. The predicted molar refractivity (Wildman–Crippen MR) is 84.3 cm³/mol. The van der Waals surface area contributed by atoms with Crippen molar-refractivity contribution in [2.24, 2.45) is 0 Å². The molecule has 0 bridgehead atoms. The summed E-state index contributed by atoms with van der Waals surface area (Å²) in [5.41, 5.74) is 1.16. The van der Waals surface area contributed by atoms with E-state index in [0.717, 1.165) is 16.6 Å². The highest BCUT2D eigenvalue weighted by molar-refractivity contribution is 9.10. The fourth-order valence-electron chi connectivity index (χ4n) is 2.12. The number of hydrogen-bond acceptors (Lipinski definition) is 5. The third-order valence-electron chi connectivity index (χ3n) is 3.07. The lowest BCUT2D eigenvalue weighted by molar-refractivity contribution is 0.162. The second kappa shape index (κ2) is 8.26. The number of hydrogen-bond donors (Lipinski definition) is 1. The Morgan fingerprint density at radius 1 is 1.33 bits per heavy atom. The monoisotopic (exact) mass is 353 g/mol. The maximum absolute atomic E-state index is 5.32. The largest absolute Gasteiger partial charge is 0.383 e. The van der Waals surface area contributed by atoms with Gasteiger partial charge in [-0.1, -0.05) is 40.1 Å². The second-order valence-corrected chi connectivity index (χ2v) is 5.74. The Labute approximate surface area is 133 Å². The third kappa shape index (κ3) is 5.22. The average molecular weight is 354 g/mol. The molecule has 6 heteroatoms. The summed E-state index contributed by atoms with van der Waals surface area (Å²) < 4.78 is 11.6. The van der Waals surface area contributed by atoms with Crippen LogP contribution in [0.4, 0.5) is 0 Å². The molecule has 0 fully saturated rings. The van der Waals surface area contributed by atoms with E-state index in [-0.39, 0.29) is 6.04 Å². The minimum absolute atomic E-state index is 0.195. The number of aromatic nitrogens is 2. The number of ether oxygens (including phenoxy) is 1. The molecule has 2 aromatic rings. The normalized spacial score (nSPS) is 12.5. The molecule has 2 rings (SSSR count). The highest BCUT2D eigenvalue weighted by Crippen LogP contribution is 2.13. The molecule has 1 unspecified atom stereocenters. The highest BCUT2D eigenvalue weighted by Gasteiger charge is 2.14. The molecule has 21 heavy (non-hydrogen) atoms. The Hall–Kier alpha value is -1.24. The van der Waals surface area contributed by atoms with E-state index in [2.05, 4.69) is 38.3 Å². The maximum Gasteiger partial charge on any atom is 0.228 e. The first-order valence-corrected chi connectivity index (χ1v) is 7.78. The van der Waals surface area contributed by atoms with Crippen LogP contribution in [0.15, 0.2) is 33.3 Å². The van der Waals surface area contributed by atoms with Crippen molar-refractivity contribution in [1.82, 2.24) is 15.5 Å². The van der Waals surface area contributed by atoms with Crippen molar-refractivity contribution in [1.29, 1.82) is 0 Å². The van der Waals surface area contributed by atoms with Crippen molar-refractivity contribution in [3.8, 4) is 0 Å². The summed E-state index contributed by atoms with van der Waals surface area (Å²) >= 11 is 3.42. The number of benzene rings is 1. The molecular formula is C15H20BrN3O2. The van der Waals surface area contributed by atoms with Crippen LogP contribution in [-0.4, -0.2) is 36.4 Å². The number of likely N-dealkylation sites (N-methyl/N-ethyl adjacent to an activating group) is 1. The lowest BCUT2D eigenvalue weighted by Crippen LogP contribution is -2.35. The first kappa shape index (κ1) is 16.1. The summed E-state index contributed by atoms with van der Waals surface area (Å²) in [6.45, 7) is 3.57. The van der Waals surface area contributed by atoms with Crippen LogP contribution in [0.1, 0.15) is 24.2 Å². The van der Waals surface area contributed by atoms with Gasteiger partial charge in [0.2, 0.25) is 5.89 Å². The summed E-state index contributed by atoms with van der Waals surface area (Å²) in [4.78, 5) is 4.45. The fourth-order valence-corrected chi connectivity index (χ4v) is 2.38. The molecule has 1 N–H and O–H groups in total. The molecule has 0 amide bonds. The molecule has 0 saturated carbocycles. The smallest absolute Gasteiger partial charge is 0.228 e. The minimum atomic E-state index is 0.195. The molecular weight excluding hydrogens is 334 g/mol. The molecule has 5 nitrogen and oxygen atoms in total. The van der Waals surface area contributed by atoms with Gasteiger partial charge >= 0.3 is 0 Å². The topological polar surface area (TPSA) is 60.2 Å². The summed E-state index contributed by atoms with van der Waals surface area (Å²) in [6.07, 6.45) is 1.35. The van der Waals surface area contributed by atoms with E-state index >= 15 is 0 Å². The van der Waals surface area contributed by atoms with Crippen molar-refractivity contribution >= 4 is 15.9 Å². The number of halogens is 1. The number of methoxy groups -OCH3 is 1. The van der Waals surface area contributed by atoms with Gasteiger partial charge in [0.05, 0.1) is 6.61 Å². The summed E-state index contributed by atoms with van der Waals surface area (Å²) in [6, 6.07) is 8.31. The zero-order chi connectivity index (χ0) is 15.1. The lowest BCUT2D eigenvalue weighted by Gasteiger charge is -2.14. The van der Waals surface area contributed by atoms with E-state index in [9.17, 15) is 0 Å². The van der Waals surface area contributed by atoms with Gasteiger partial charge in [0, 0.05) is 30.5 Å². The van der Waals surface area contributed by atoms with Crippen LogP contribution in [-0.2, 0) is 17.6 Å². The van der Waals surface area contributed by atoms with Crippen LogP contribution in [0.5, 0.6) is 0 Å². The predicted octanol–water partition coefficient (Wildman–Crippen LogP) is 2.59. The van der Waals surface area contributed by atoms with E-state index in [4.69, 9.17) is 9.26 Å². The molecule has 1 atom stereocenters. The molecule has 0 spiro atoms. The Morgan fingerprint density at radius 2 is 2.10 bits per heavy atom. The molecule has 1 aromatic heterocycles. The summed E-state index contributed by atoms with van der Waals surface area (Å²) in [7, 11) is 1.69. The van der Waals surface area contributed by atoms with Crippen LogP contribution in [0.25, 0.3) is 0 Å². The van der Waals surface area contributed by atoms with Gasteiger partial charge in [0.25, 0.3) is 0 Å². The maximum atomic E-state index is 5.32. The van der Waals surface area contributed by atoms with Gasteiger partial charge in [-0.2, -0.15) is 4.98 Å². The van der Waals surface area contributed by atoms with Crippen molar-refractivity contribution < 1.29 is 9.26 Å². The van der Waals surface area contributed by atoms with Crippen LogP contribution in [0.3, 0.4) is 0 Å².